The van der Waals surface area contributed by atoms with Crippen LogP contribution in [0.1, 0.15) is 5.56 Å². The summed E-state index contributed by atoms with van der Waals surface area (Å²) in [7, 11) is 12.1. The Kier molecular flexibility index (Phi) is 9.56. The van der Waals surface area contributed by atoms with Crippen LogP contribution in [0, 0.1) is 0 Å². The number of hydrogen-bond donors (Lipinski definition) is 1. The first kappa shape index (κ1) is 22.3. The monoisotopic (exact) mass is 396 g/mol. The molecule has 1 aromatic carbocycles. The predicted octanol–water partition coefficient (Wildman–Crippen LogP) is 0.727. The van der Waals surface area contributed by atoms with Crippen molar-refractivity contribution >= 4 is 39.1 Å². The van der Waals surface area contributed by atoms with Crippen LogP contribution in [-0.4, -0.2) is 70.4 Å². The fraction of sp³-hybridized carbons (Fsp3) is 0.600. The van der Waals surface area contributed by atoms with Gasteiger partial charge in [-0.2, -0.15) is 0 Å². The van der Waals surface area contributed by atoms with E-state index in [1.54, 1.807) is 0 Å². The average Bonchev–Trinajstić information content (AvgIpc) is 2.60. The molecule has 26 heavy (non-hydrogen) atoms. The lowest BCUT2D eigenvalue weighted by atomic mass is 9.69. The maximum absolute atomic E-state index is 10.5. The van der Waals surface area contributed by atoms with Crippen LogP contribution in [0.3, 0.4) is 0 Å². The molecular weight excluding hydrogens is 371 g/mol. The zero-order valence-electron chi connectivity index (χ0n) is 15.1. The third kappa shape index (κ3) is 6.58. The van der Waals surface area contributed by atoms with Gasteiger partial charge in [-0.3, -0.25) is 0 Å². The standard InChI is InChI=1S/C15H25B3O6P2/c1-17(25)23-13-11(9-21-8-10-6-4-3-5-7-10)22-15(20-2)12(19)14(13)24-18(16)26/h3-7,11-15,19H,8-9,25-26H2,1-2H3/t11?,12?,13-,14+,15+/m0/s1. The molecule has 2 radical (unpaired) electrons. The molecule has 1 saturated heterocycles. The van der Waals surface area contributed by atoms with Gasteiger partial charge in [0.25, 0.3) is 6.53 Å². The smallest absolute Gasteiger partial charge is 0.312 e. The van der Waals surface area contributed by atoms with Gasteiger partial charge in [-0.25, -0.2) is 0 Å². The van der Waals surface area contributed by atoms with E-state index in [-0.39, 0.29) is 13.2 Å². The summed E-state index contributed by atoms with van der Waals surface area (Å²) in [5.41, 5.74) is 1.06. The van der Waals surface area contributed by atoms with E-state index in [1.807, 2.05) is 37.2 Å². The van der Waals surface area contributed by atoms with Crippen LogP contribution in [-0.2, 0) is 30.1 Å². The Morgan fingerprint density at radius 3 is 2.46 bits per heavy atom. The number of aliphatic hydroxyl groups is 1. The summed E-state index contributed by atoms with van der Waals surface area (Å²) in [5.74, 6) is 0. The van der Waals surface area contributed by atoms with Crippen LogP contribution in [0.2, 0.25) is 6.82 Å². The van der Waals surface area contributed by atoms with Crippen molar-refractivity contribution in [2.45, 2.75) is 44.1 Å². The molecule has 0 aliphatic carbocycles. The fourth-order valence-corrected chi connectivity index (χ4v) is 3.20. The quantitative estimate of drug-likeness (QED) is 0.491. The Hall–Kier alpha value is 0.0348. The van der Waals surface area contributed by atoms with Crippen molar-refractivity contribution in [1.82, 2.24) is 0 Å². The maximum atomic E-state index is 10.5. The molecule has 1 fully saturated rings. The summed E-state index contributed by atoms with van der Waals surface area (Å²) in [6, 6.07) is 9.84. The molecule has 4 unspecified atom stereocenters. The molecule has 0 spiro atoms. The Morgan fingerprint density at radius 2 is 1.88 bits per heavy atom. The third-order valence-corrected chi connectivity index (χ3v) is 4.24. The van der Waals surface area contributed by atoms with Gasteiger partial charge >= 0.3 is 6.64 Å². The van der Waals surface area contributed by atoms with E-state index in [1.165, 1.54) is 7.11 Å². The molecule has 7 atom stereocenters. The van der Waals surface area contributed by atoms with Crippen LogP contribution in [0.25, 0.3) is 0 Å². The van der Waals surface area contributed by atoms with Crippen molar-refractivity contribution in [3.8, 4) is 0 Å². The molecule has 1 aliphatic rings. The first-order chi connectivity index (χ1) is 12.4. The molecule has 0 amide bonds. The molecule has 2 rings (SSSR count). The van der Waals surface area contributed by atoms with Gasteiger partial charge < -0.3 is 28.6 Å². The summed E-state index contributed by atoms with van der Waals surface area (Å²) in [5, 5.41) is 10.5. The lowest BCUT2D eigenvalue weighted by Gasteiger charge is -2.45. The van der Waals surface area contributed by atoms with Gasteiger partial charge in [-0.15, -0.1) is 18.2 Å². The largest absolute Gasteiger partial charge is 0.433 e. The van der Waals surface area contributed by atoms with E-state index in [2.05, 4.69) is 18.2 Å². The van der Waals surface area contributed by atoms with Gasteiger partial charge in [-0.1, -0.05) is 37.2 Å². The number of benzene rings is 1. The van der Waals surface area contributed by atoms with Crippen LogP contribution in [0.5, 0.6) is 0 Å². The van der Waals surface area contributed by atoms with E-state index >= 15 is 0 Å². The van der Waals surface area contributed by atoms with E-state index in [4.69, 9.17) is 31.3 Å². The second-order valence-electron chi connectivity index (χ2n) is 6.14. The normalized spacial score (nSPS) is 28.7. The van der Waals surface area contributed by atoms with Gasteiger partial charge in [0.05, 0.1) is 33.2 Å². The first-order valence-electron chi connectivity index (χ1n) is 8.48. The number of hydrogen-bond acceptors (Lipinski definition) is 6. The molecule has 0 bridgehead atoms. The molecule has 0 saturated carbocycles. The lowest BCUT2D eigenvalue weighted by molar-refractivity contribution is -0.288. The highest BCUT2D eigenvalue weighted by Gasteiger charge is 2.47. The van der Waals surface area contributed by atoms with Crippen molar-refractivity contribution < 1.29 is 28.6 Å². The molecule has 140 valence electrons. The number of rotatable bonds is 9. The molecule has 0 aromatic heterocycles. The molecule has 6 nitrogen and oxygen atoms in total. The topological polar surface area (TPSA) is 66.4 Å². The zero-order valence-corrected chi connectivity index (χ0v) is 17.4. The van der Waals surface area contributed by atoms with Crippen LogP contribution in [0.15, 0.2) is 30.3 Å². The highest BCUT2D eigenvalue weighted by atomic mass is 31.0. The van der Waals surface area contributed by atoms with E-state index < -0.39 is 37.2 Å². The fourth-order valence-electron chi connectivity index (χ4n) is 2.84. The predicted molar refractivity (Wildman–Crippen MR) is 110 cm³/mol. The Bertz CT molecular complexity index is 527. The average molecular weight is 396 g/mol. The Morgan fingerprint density at radius 1 is 1.19 bits per heavy atom. The van der Waals surface area contributed by atoms with Crippen LogP contribution in [0.4, 0.5) is 0 Å². The highest BCUT2D eigenvalue weighted by molar-refractivity contribution is 7.70. The van der Waals surface area contributed by atoms with Crippen LogP contribution >= 0.6 is 18.2 Å². The number of methoxy groups -OCH3 is 1. The number of ether oxygens (including phenoxy) is 3. The van der Waals surface area contributed by atoms with Gasteiger partial charge in [0.2, 0.25) is 0 Å². The first-order valence-corrected chi connectivity index (χ1v) is 9.81. The molecule has 11 heteroatoms. The van der Waals surface area contributed by atoms with Crippen molar-refractivity contribution in [2.75, 3.05) is 13.7 Å². The molecule has 1 aliphatic heterocycles. The Balaban J connectivity index is 2.08. The Labute approximate surface area is 161 Å². The lowest BCUT2D eigenvalue weighted by Crippen LogP contribution is -2.62. The second kappa shape index (κ2) is 11.1. The van der Waals surface area contributed by atoms with Crippen molar-refractivity contribution in [2.24, 2.45) is 0 Å². The summed E-state index contributed by atoms with van der Waals surface area (Å²) >= 11 is 0. The summed E-state index contributed by atoms with van der Waals surface area (Å²) in [6.07, 6.45) is -3.65. The van der Waals surface area contributed by atoms with E-state index in [0.717, 1.165) is 5.56 Å². The minimum Gasteiger partial charge on any atom is -0.433 e. The summed E-state index contributed by atoms with van der Waals surface area (Å²) < 4.78 is 28.5. The van der Waals surface area contributed by atoms with E-state index in [9.17, 15) is 5.11 Å². The second-order valence-corrected chi connectivity index (χ2v) is 7.74. The summed E-state index contributed by atoms with van der Waals surface area (Å²) in [4.78, 5) is 0. The van der Waals surface area contributed by atoms with Gasteiger partial charge in [0.1, 0.15) is 12.2 Å². The van der Waals surface area contributed by atoms with Crippen molar-refractivity contribution in [3.05, 3.63) is 35.9 Å². The molecule has 1 aromatic rings. The van der Waals surface area contributed by atoms with E-state index in [0.29, 0.717) is 6.61 Å². The third-order valence-electron chi connectivity index (χ3n) is 3.93. The van der Waals surface area contributed by atoms with Crippen LogP contribution < -0.4 is 0 Å². The number of aliphatic hydroxyl groups excluding tert-OH is 1. The highest BCUT2D eigenvalue weighted by Crippen LogP contribution is 2.28. The van der Waals surface area contributed by atoms with Crippen molar-refractivity contribution in [3.63, 3.8) is 0 Å². The van der Waals surface area contributed by atoms with Gasteiger partial charge in [0.15, 0.2) is 6.29 Å². The zero-order chi connectivity index (χ0) is 19.1. The SMILES string of the molecule is [B]B(P)O[C@@H]1C(O)[C@H](OC)OC(COCc2ccccc2)[C@@H]1OB(C)P. The molecular formula is C15H25B3O6P2. The van der Waals surface area contributed by atoms with Gasteiger partial charge in [0, 0.05) is 7.11 Å². The minimum absolute atomic E-state index is 0.168. The minimum atomic E-state index is -1.04. The molecule has 1 heterocycles. The molecule has 1 N–H and O–H groups in total. The van der Waals surface area contributed by atoms with Gasteiger partial charge in [-0.05, 0) is 5.56 Å². The summed E-state index contributed by atoms with van der Waals surface area (Å²) in [6.45, 7) is 1.76. The maximum Gasteiger partial charge on any atom is 0.312 e. The van der Waals surface area contributed by atoms with Crippen molar-refractivity contribution in [1.29, 1.82) is 0 Å².